The lowest BCUT2D eigenvalue weighted by molar-refractivity contribution is -0.130. The fourth-order valence-electron chi connectivity index (χ4n) is 2.46. The van der Waals surface area contributed by atoms with Crippen LogP contribution in [0.2, 0.25) is 0 Å². The number of fused-ring (bicyclic) bond motifs is 1. The molecule has 0 aliphatic carbocycles. The first-order valence-electron chi connectivity index (χ1n) is 6.57. The molecule has 5 nitrogen and oxygen atoms in total. The molecule has 0 unspecified atom stereocenters. The Morgan fingerprint density at radius 1 is 1.30 bits per heavy atom. The Morgan fingerprint density at radius 2 is 2.05 bits per heavy atom. The first-order valence-corrected chi connectivity index (χ1v) is 7.37. The molecule has 2 heterocycles. The SMILES string of the molecule is O=C(Cn1cnc2ccc(Br)cc2c1=O)N1CCCC1. The zero-order valence-electron chi connectivity index (χ0n) is 10.9. The van der Waals surface area contributed by atoms with Gasteiger partial charge in [0.05, 0.1) is 17.2 Å². The Morgan fingerprint density at radius 3 is 2.80 bits per heavy atom. The number of carbonyl (C=O) groups is 1. The van der Waals surface area contributed by atoms with E-state index in [1.807, 2.05) is 6.07 Å². The van der Waals surface area contributed by atoms with Gasteiger partial charge in [0, 0.05) is 17.6 Å². The zero-order valence-corrected chi connectivity index (χ0v) is 12.5. The molecule has 104 valence electrons. The molecule has 6 heteroatoms. The maximum atomic E-state index is 12.4. The third-order valence-corrected chi connectivity index (χ3v) is 4.04. The molecule has 0 spiro atoms. The van der Waals surface area contributed by atoms with E-state index in [0.29, 0.717) is 10.9 Å². The third-order valence-electron chi connectivity index (χ3n) is 3.55. The van der Waals surface area contributed by atoms with E-state index in [2.05, 4.69) is 20.9 Å². The lowest BCUT2D eigenvalue weighted by Gasteiger charge is -2.15. The van der Waals surface area contributed by atoms with Crippen molar-refractivity contribution in [3.05, 3.63) is 39.4 Å². The minimum Gasteiger partial charge on any atom is -0.341 e. The van der Waals surface area contributed by atoms with E-state index in [0.717, 1.165) is 30.4 Å². The van der Waals surface area contributed by atoms with Crippen LogP contribution in [-0.2, 0) is 11.3 Å². The number of amides is 1. The summed E-state index contributed by atoms with van der Waals surface area (Å²) in [7, 11) is 0. The summed E-state index contributed by atoms with van der Waals surface area (Å²) in [5.74, 6) is -0.0132. The molecule has 0 bridgehead atoms. The normalized spacial score (nSPS) is 14.9. The van der Waals surface area contributed by atoms with Crippen molar-refractivity contribution in [2.75, 3.05) is 13.1 Å². The van der Waals surface area contributed by atoms with Crippen LogP contribution < -0.4 is 5.56 Å². The molecule has 20 heavy (non-hydrogen) atoms. The van der Waals surface area contributed by atoms with Gasteiger partial charge in [-0.2, -0.15) is 0 Å². The summed E-state index contributed by atoms with van der Waals surface area (Å²) in [6.45, 7) is 1.65. The highest BCUT2D eigenvalue weighted by atomic mass is 79.9. The molecular weight excluding hydrogens is 322 g/mol. The van der Waals surface area contributed by atoms with Crippen molar-refractivity contribution in [1.82, 2.24) is 14.5 Å². The van der Waals surface area contributed by atoms with Crippen LogP contribution in [0.15, 0.2) is 33.8 Å². The molecule has 1 amide bonds. The van der Waals surface area contributed by atoms with Gasteiger partial charge in [-0.25, -0.2) is 4.98 Å². The Hall–Kier alpha value is -1.69. The van der Waals surface area contributed by atoms with Gasteiger partial charge in [-0.15, -0.1) is 0 Å². The van der Waals surface area contributed by atoms with E-state index in [1.165, 1.54) is 10.9 Å². The zero-order chi connectivity index (χ0) is 14.1. The quantitative estimate of drug-likeness (QED) is 0.840. The average molecular weight is 336 g/mol. The minimum atomic E-state index is -0.177. The third kappa shape index (κ3) is 2.47. The molecule has 0 radical (unpaired) electrons. The first kappa shape index (κ1) is 13.3. The van der Waals surface area contributed by atoms with E-state index >= 15 is 0 Å². The van der Waals surface area contributed by atoms with Crippen molar-refractivity contribution in [2.24, 2.45) is 0 Å². The number of benzene rings is 1. The number of halogens is 1. The van der Waals surface area contributed by atoms with Crippen LogP contribution in [0.3, 0.4) is 0 Å². The molecule has 3 rings (SSSR count). The van der Waals surface area contributed by atoms with Crippen molar-refractivity contribution in [3.63, 3.8) is 0 Å². The summed E-state index contributed by atoms with van der Waals surface area (Å²) in [6.07, 6.45) is 3.54. The van der Waals surface area contributed by atoms with Gasteiger partial charge in [0.25, 0.3) is 5.56 Å². The number of carbonyl (C=O) groups excluding carboxylic acids is 1. The second-order valence-electron chi connectivity index (χ2n) is 4.93. The summed E-state index contributed by atoms with van der Waals surface area (Å²) < 4.78 is 2.21. The monoisotopic (exact) mass is 335 g/mol. The molecule has 1 fully saturated rings. The van der Waals surface area contributed by atoms with Crippen LogP contribution in [-0.4, -0.2) is 33.4 Å². The molecule has 2 aromatic rings. The van der Waals surface area contributed by atoms with E-state index in [4.69, 9.17) is 0 Å². The second-order valence-corrected chi connectivity index (χ2v) is 5.84. The van der Waals surface area contributed by atoms with Crippen molar-refractivity contribution < 1.29 is 4.79 Å². The number of hydrogen-bond donors (Lipinski definition) is 0. The molecule has 0 saturated carbocycles. The molecule has 1 saturated heterocycles. The van der Waals surface area contributed by atoms with Gasteiger partial charge >= 0.3 is 0 Å². The van der Waals surface area contributed by atoms with Crippen molar-refractivity contribution in [2.45, 2.75) is 19.4 Å². The van der Waals surface area contributed by atoms with Gasteiger partial charge in [0.1, 0.15) is 6.54 Å². The van der Waals surface area contributed by atoms with E-state index < -0.39 is 0 Å². The second kappa shape index (κ2) is 5.36. The van der Waals surface area contributed by atoms with Gasteiger partial charge in [0.15, 0.2) is 0 Å². The van der Waals surface area contributed by atoms with Crippen LogP contribution in [0, 0.1) is 0 Å². The van der Waals surface area contributed by atoms with Crippen LogP contribution >= 0.6 is 15.9 Å². The van der Waals surface area contributed by atoms with Gasteiger partial charge < -0.3 is 4.90 Å². The van der Waals surface area contributed by atoms with Gasteiger partial charge in [-0.1, -0.05) is 15.9 Å². The number of nitrogens with zero attached hydrogens (tertiary/aromatic N) is 3. The Labute approximate surface area is 124 Å². The molecule has 1 aromatic heterocycles. The summed E-state index contributed by atoms with van der Waals surface area (Å²) in [6, 6.07) is 5.36. The smallest absolute Gasteiger partial charge is 0.261 e. The molecule has 0 atom stereocenters. The number of likely N-dealkylation sites (tertiary alicyclic amines) is 1. The first-order chi connectivity index (χ1) is 9.65. The summed E-state index contributed by atoms with van der Waals surface area (Å²) in [4.78, 5) is 30.5. The number of aromatic nitrogens is 2. The summed E-state index contributed by atoms with van der Waals surface area (Å²) in [5, 5.41) is 0.524. The highest BCUT2D eigenvalue weighted by molar-refractivity contribution is 9.10. The molecule has 1 aliphatic heterocycles. The van der Waals surface area contributed by atoms with Crippen LogP contribution in [0.25, 0.3) is 10.9 Å². The number of hydrogen-bond acceptors (Lipinski definition) is 3. The maximum absolute atomic E-state index is 12.4. The largest absolute Gasteiger partial charge is 0.341 e. The predicted molar refractivity (Wildman–Crippen MR) is 79.5 cm³/mol. The predicted octanol–water partition coefficient (Wildman–Crippen LogP) is 1.78. The lowest BCUT2D eigenvalue weighted by Crippen LogP contribution is -2.34. The van der Waals surface area contributed by atoms with Crippen LogP contribution in [0.4, 0.5) is 0 Å². The van der Waals surface area contributed by atoms with E-state index in [-0.39, 0.29) is 18.0 Å². The Balaban J connectivity index is 1.93. The standard InChI is InChI=1S/C14H14BrN3O2/c15-10-3-4-12-11(7-10)14(20)18(9-16-12)8-13(19)17-5-1-2-6-17/h3-4,7,9H,1-2,5-6,8H2. The summed E-state index contributed by atoms with van der Waals surface area (Å²) in [5.41, 5.74) is 0.465. The Kier molecular flexibility index (Phi) is 3.56. The lowest BCUT2D eigenvalue weighted by atomic mass is 10.2. The van der Waals surface area contributed by atoms with Gasteiger partial charge in [-0.05, 0) is 31.0 Å². The molecule has 1 aliphatic rings. The average Bonchev–Trinajstić information content (AvgIpc) is 2.96. The molecule has 0 N–H and O–H groups in total. The highest BCUT2D eigenvalue weighted by Gasteiger charge is 2.18. The van der Waals surface area contributed by atoms with Crippen molar-refractivity contribution >= 4 is 32.7 Å². The fourth-order valence-corrected chi connectivity index (χ4v) is 2.82. The Bertz CT molecular complexity index is 720. The topological polar surface area (TPSA) is 55.2 Å². The minimum absolute atomic E-state index is 0.0132. The van der Waals surface area contributed by atoms with Crippen LogP contribution in [0.5, 0.6) is 0 Å². The van der Waals surface area contributed by atoms with Crippen molar-refractivity contribution in [3.8, 4) is 0 Å². The van der Waals surface area contributed by atoms with E-state index in [1.54, 1.807) is 17.0 Å². The van der Waals surface area contributed by atoms with Gasteiger partial charge in [-0.3, -0.25) is 14.2 Å². The fraction of sp³-hybridized carbons (Fsp3) is 0.357. The maximum Gasteiger partial charge on any atom is 0.261 e. The van der Waals surface area contributed by atoms with Gasteiger partial charge in [0.2, 0.25) is 5.91 Å². The highest BCUT2D eigenvalue weighted by Crippen LogP contribution is 2.15. The van der Waals surface area contributed by atoms with Crippen molar-refractivity contribution in [1.29, 1.82) is 0 Å². The van der Waals surface area contributed by atoms with E-state index in [9.17, 15) is 9.59 Å². The molecular formula is C14H14BrN3O2. The van der Waals surface area contributed by atoms with Crippen LogP contribution in [0.1, 0.15) is 12.8 Å². The summed E-state index contributed by atoms with van der Waals surface area (Å²) >= 11 is 3.34. The number of rotatable bonds is 2. The molecule has 1 aromatic carbocycles.